The summed E-state index contributed by atoms with van der Waals surface area (Å²) in [5, 5.41) is 18.3. The van der Waals surface area contributed by atoms with E-state index in [0.29, 0.717) is 11.3 Å². The van der Waals surface area contributed by atoms with Crippen LogP contribution < -0.4 is 5.73 Å². The average Bonchev–Trinajstić information content (AvgIpc) is 3.05. The first-order chi connectivity index (χ1) is 10.8. The lowest BCUT2D eigenvalue weighted by Crippen LogP contribution is -2.73. The van der Waals surface area contributed by atoms with E-state index in [1.807, 2.05) is 0 Å². The maximum atomic E-state index is 11.9. The summed E-state index contributed by atoms with van der Waals surface area (Å²) < 4.78 is 4.99. The lowest BCUT2D eigenvalue weighted by molar-refractivity contribution is -0.157. The molecule has 0 amide bonds. The van der Waals surface area contributed by atoms with Crippen LogP contribution in [0.25, 0.3) is 0 Å². The fourth-order valence-electron chi connectivity index (χ4n) is 2.70. The SMILES string of the molecule is NC1(O)C(=O)C2C(C(=O)O)=C(CSC(=O)c3ccco3)CS[C@@H]21. The molecular weight excluding hydrogens is 342 g/mol. The molecular formula is C14H13NO6S2. The Morgan fingerprint density at radius 2 is 2.26 bits per heavy atom. The van der Waals surface area contributed by atoms with Crippen LogP contribution in [0.1, 0.15) is 10.6 Å². The summed E-state index contributed by atoms with van der Waals surface area (Å²) in [6, 6.07) is 3.11. The van der Waals surface area contributed by atoms with Crippen LogP contribution >= 0.6 is 23.5 Å². The summed E-state index contributed by atoms with van der Waals surface area (Å²) >= 11 is 2.16. The molecule has 2 heterocycles. The first kappa shape index (κ1) is 16.3. The van der Waals surface area contributed by atoms with E-state index < -0.39 is 28.6 Å². The number of hydrogen-bond acceptors (Lipinski definition) is 8. The van der Waals surface area contributed by atoms with Gasteiger partial charge >= 0.3 is 5.97 Å². The van der Waals surface area contributed by atoms with Crippen LogP contribution in [0.3, 0.4) is 0 Å². The van der Waals surface area contributed by atoms with Crippen LogP contribution in [0.2, 0.25) is 0 Å². The molecule has 1 aromatic rings. The normalized spacial score (nSPS) is 29.9. The quantitative estimate of drug-likeness (QED) is 0.660. The first-order valence-corrected chi connectivity index (χ1v) is 8.70. The van der Waals surface area contributed by atoms with Gasteiger partial charge in [-0.2, -0.15) is 0 Å². The second-order valence-corrected chi connectivity index (χ2v) is 7.35. The highest BCUT2D eigenvalue weighted by Gasteiger charge is 2.63. The fraction of sp³-hybridized carbons (Fsp3) is 0.357. The van der Waals surface area contributed by atoms with Crippen molar-refractivity contribution in [1.82, 2.24) is 0 Å². The molecule has 0 spiro atoms. The van der Waals surface area contributed by atoms with Crippen molar-refractivity contribution < 1.29 is 29.0 Å². The molecule has 1 aromatic heterocycles. The molecule has 9 heteroatoms. The van der Waals surface area contributed by atoms with E-state index in [0.717, 1.165) is 11.8 Å². The molecule has 1 aliphatic heterocycles. The number of aliphatic hydroxyl groups is 1. The number of furan rings is 1. The van der Waals surface area contributed by atoms with Gasteiger partial charge < -0.3 is 14.6 Å². The van der Waals surface area contributed by atoms with Crippen LogP contribution in [0.15, 0.2) is 34.0 Å². The lowest BCUT2D eigenvalue weighted by Gasteiger charge is -2.49. The number of nitrogens with two attached hydrogens (primary N) is 1. The number of aliphatic carboxylic acids is 1. The molecule has 1 fully saturated rings. The van der Waals surface area contributed by atoms with Gasteiger partial charge in [-0.05, 0) is 17.7 Å². The minimum Gasteiger partial charge on any atom is -0.478 e. The number of ketones is 1. The van der Waals surface area contributed by atoms with Crippen molar-refractivity contribution >= 4 is 40.4 Å². The number of thioether (sulfide) groups is 2. The maximum absolute atomic E-state index is 11.9. The first-order valence-electron chi connectivity index (χ1n) is 6.67. The second-order valence-electron chi connectivity index (χ2n) is 5.27. The Labute approximate surface area is 139 Å². The Morgan fingerprint density at radius 1 is 1.52 bits per heavy atom. The molecule has 23 heavy (non-hydrogen) atoms. The van der Waals surface area contributed by atoms with Gasteiger partial charge in [0.2, 0.25) is 0 Å². The molecule has 0 bridgehead atoms. The topological polar surface area (TPSA) is 131 Å². The van der Waals surface area contributed by atoms with Crippen molar-refractivity contribution in [2.45, 2.75) is 11.0 Å². The Balaban J connectivity index is 1.80. The van der Waals surface area contributed by atoms with Gasteiger partial charge in [0.15, 0.2) is 17.3 Å². The number of carboxylic acid groups (broad SMARTS) is 1. The summed E-state index contributed by atoms with van der Waals surface area (Å²) in [7, 11) is 0. The molecule has 0 saturated heterocycles. The highest BCUT2D eigenvalue weighted by Crippen LogP contribution is 2.49. The summed E-state index contributed by atoms with van der Waals surface area (Å²) in [5.41, 5.74) is 3.99. The molecule has 0 radical (unpaired) electrons. The number of carbonyl (C=O) groups is 3. The van der Waals surface area contributed by atoms with Gasteiger partial charge in [-0.15, -0.1) is 11.8 Å². The number of Topliss-reactive ketones (excluding diaryl/α,β-unsaturated/α-hetero) is 1. The molecule has 4 N–H and O–H groups in total. The molecule has 1 saturated carbocycles. The van der Waals surface area contributed by atoms with Crippen molar-refractivity contribution in [2.24, 2.45) is 11.7 Å². The minimum absolute atomic E-state index is 0.0476. The lowest BCUT2D eigenvalue weighted by atomic mass is 9.69. The monoisotopic (exact) mass is 355 g/mol. The van der Waals surface area contributed by atoms with Gasteiger partial charge in [0, 0.05) is 17.1 Å². The Kier molecular flexibility index (Phi) is 4.13. The van der Waals surface area contributed by atoms with Crippen molar-refractivity contribution in [2.75, 3.05) is 11.5 Å². The van der Waals surface area contributed by atoms with Crippen molar-refractivity contribution in [1.29, 1.82) is 0 Å². The predicted octanol–water partition coefficient (Wildman–Crippen LogP) is 0.496. The molecule has 122 valence electrons. The number of rotatable bonds is 4. The minimum atomic E-state index is -1.97. The number of carboxylic acids is 1. The molecule has 3 atom stereocenters. The zero-order valence-electron chi connectivity index (χ0n) is 11.7. The Hall–Kier alpha value is -1.55. The zero-order valence-corrected chi connectivity index (χ0v) is 13.4. The van der Waals surface area contributed by atoms with Gasteiger partial charge in [-0.1, -0.05) is 11.8 Å². The second kappa shape index (κ2) is 5.82. The van der Waals surface area contributed by atoms with Crippen LogP contribution in [0, 0.1) is 5.92 Å². The van der Waals surface area contributed by atoms with Gasteiger partial charge in [-0.3, -0.25) is 15.3 Å². The summed E-state index contributed by atoms with van der Waals surface area (Å²) in [6.45, 7) is 0. The largest absolute Gasteiger partial charge is 0.478 e. The van der Waals surface area contributed by atoms with Gasteiger partial charge in [-0.25, -0.2) is 4.79 Å². The highest BCUT2D eigenvalue weighted by atomic mass is 32.2. The maximum Gasteiger partial charge on any atom is 0.332 e. The van der Waals surface area contributed by atoms with E-state index in [4.69, 9.17) is 10.2 Å². The van der Waals surface area contributed by atoms with Gasteiger partial charge in [0.1, 0.15) is 0 Å². The number of hydrogen-bond donors (Lipinski definition) is 3. The highest BCUT2D eigenvalue weighted by molar-refractivity contribution is 8.14. The van der Waals surface area contributed by atoms with Crippen molar-refractivity contribution in [3.8, 4) is 0 Å². The molecule has 7 nitrogen and oxygen atoms in total. The van der Waals surface area contributed by atoms with Crippen LogP contribution in [-0.4, -0.2) is 49.6 Å². The van der Waals surface area contributed by atoms with Crippen molar-refractivity contribution in [3.05, 3.63) is 35.3 Å². The van der Waals surface area contributed by atoms with E-state index >= 15 is 0 Å². The predicted molar refractivity (Wildman–Crippen MR) is 84.0 cm³/mol. The number of carbonyl (C=O) groups excluding carboxylic acids is 2. The fourth-order valence-corrected chi connectivity index (χ4v) is 5.11. The third kappa shape index (κ3) is 2.63. The Morgan fingerprint density at radius 3 is 2.87 bits per heavy atom. The summed E-state index contributed by atoms with van der Waals surface area (Å²) in [5.74, 6) is -2.19. The van der Waals surface area contributed by atoms with E-state index in [-0.39, 0.29) is 22.2 Å². The molecule has 1 aliphatic carbocycles. The summed E-state index contributed by atoms with van der Waals surface area (Å²) in [6.07, 6.45) is 1.38. The van der Waals surface area contributed by atoms with Gasteiger partial charge in [0.05, 0.1) is 17.4 Å². The average molecular weight is 355 g/mol. The number of fused-ring (bicyclic) bond motifs is 1. The summed E-state index contributed by atoms with van der Waals surface area (Å²) in [4.78, 5) is 35.4. The third-order valence-electron chi connectivity index (χ3n) is 3.87. The van der Waals surface area contributed by atoms with Gasteiger partial charge in [0.25, 0.3) is 5.12 Å². The van der Waals surface area contributed by atoms with Crippen LogP contribution in [-0.2, 0) is 9.59 Å². The third-order valence-corrected chi connectivity index (χ3v) is 6.33. The van der Waals surface area contributed by atoms with Crippen molar-refractivity contribution in [3.63, 3.8) is 0 Å². The van der Waals surface area contributed by atoms with E-state index in [9.17, 15) is 24.6 Å². The van der Waals surface area contributed by atoms with Crippen LogP contribution in [0.4, 0.5) is 0 Å². The zero-order chi connectivity index (χ0) is 16.8. The molecule has 2 unspecified atom stereocenters. The standard InChI is InChI=1S/C14H13NO6S2/c15-14(20)10(16)9-8(12(17)18)6(4-22-11(9)14)5-23-13(19)7-2-1-3-21-7/h1-3,9,11,20H,4-5,15H2,(H,17,18)/t9?,11-,14?/m0/s1. The molecule has 3 rings (SSSR count). The van der Waals surface area contributed by atoms with E-state index in [1.165, 1.54) is 24.1 Å². The van der Waals surface area contributed by atoms with E-state index in [1.54, 1.807) is 6.07 Å². The van der Waals surface area contributed by atoms with E-state index in [2.05, 4.69) is 0 Å². The molecule has 2 aliphatic rings. The smallest absolute Gasteiger partial charge is 0.332 e. The Bertz CT molecular complexity index is 709. The van der Waals surface area contributed by atoms with Crippen LogP contribution in [0.5, 0.6) is 0 Å². The molecule has 0 aromatic carbocycles.